The third kappa shape index (κ3) is 6.88. The zero-order chi connectivity index (χ0) is 19.0. The van der Waals surface area contributed by atoms with E-state index in [2.05, 4.69) is 0 Å². The fourth-order valence-corrected chi connectivity index (χ4v) is 3.37. The van der Waals surface area contributed by atoms with Gasteiger partial charge in [0, 0.05) is 0 Å². The van der Waals surface area contributed by atoms with E-state index in [1.54, 1.807) is 12.1 Å². The summed E-state index contributed by atoms with van der Waals surface area (Å²) in [5.41, 5.74) is 2.05. The summed E-state index contributed by atoms with van der Waals surface area (Å²) in [4.78, 5) is 0.122. The SMILES string of the molecule is Cc1ccc(S(=O)(=O)OCC[C@@H](O)C[C@@H](C)OCc2ccccc2)cc1. The molecule has 0 heterocycles. The number of aliphatic hydroxyl groups is 1. The highest BCUT2D eigenvalue weighted by molar-refractivity contribution is 7.86. The van der Waals surface area contributed by atoms with Gasteiger partial charge in [-0.05, 0) is 44.4 Å². The summed E-state index contributed by atoms with van der Waals surface area (Å²) in [5, 5.41) is 10.1. The highest BCUT2D eigenvalue weighted by Crippen LogP contribution is 2.15. The molecular weight excluding hydrogens is 352 g/mol. The maximum Gasteiger partial charge on any atom is 0.296 e. The molecule has 2 atom stereocenters. The van der Waals surface area contributed by atoms with Gasteiger partial charge in [0.1, 0.15) is 0 Å². The van der Waals surface area contributed by atoms with Crippen LogP contribution >= 0.6 is 0 Å². The minimum Gasteiger partial charge on any atom is -0.393 e. The zero-order valence-corrected chi connectivity index (χ0v) is 16.0. The van der Waals surface area contributed by atoms with Crippen LogP contribution in [0.5, 0.6) is 0 Å². The molecule has 0 fully saturated rings. The normalized spacial score (nSPS) is 14.1. The van der Waals surface area contributed by atoms with Crippen LogP contribution in [-0.2, 0) is 25.6 Å². The summed E-state index contributed by atoms with van der Waals surface area (Å²) in [6.07, 6.45) is -0.182. The van der Waals surface area contributed by atoms with E-state index < -0.39 is 16.2 Å². The molecule has 2 aromatic carbocycles. The van der Waals surface area contributed by atoms with Crippen LogP contribution in [0, 0.1) is 6.92 Å². The van der Waals surface area contributed by atoms with Crippen LogP contribution in [0.4, 0.5) is 0 Å². The first-order chi connectivity index (χ1) is 12.4. The fourth-order valence-electron chi connectivity index (χ4n) is 2.45. The Kier molecular flexibility index (Phi) is 7.78. The van der Waals surface area contributed by atoms with Gasteiger partial charge in [-0.15, -0.1) is 0 Å². The Morgan fingerprint density at radius 3 is 2.35 bits per heavy atom. The van der Waals surface area contributed by atoms with Crippen molar-refractivity contribution in [2.24, 2.45) is 0 Å². The van der Waals surface area contributed by atoms with Gasteiger partial charge in [0.15, 0.2) is 0 Å². The van der Waals surface area contributed by atoms with Gasteiger partial charge in [-0.1, -0.05) is 48.0 Å². The highest BCUT2D eigenvalue weighted by Gasteiger charge is 2.17. The Bertz CT molecular complexity index is 757. The van der Waals surface area contributed by atoms with Gasteiger partial charge >= 0.3 is 0 Å². The monoisotopic (exact) mass is 378 g/mol. The molecule has 0 aliphatic carbocycles. The molecular formula is C20H26O5S. The Balaban J connectivity index is 1.70. The molecule has 6 heteroatoms. The van der Waals surface area contributed by atoms with Crippen LogP contribution in [0.2, 0.25) is 0 Å². The summed E-state index contributed by atoms with van der Waals surface area (Å²) in [7, 11) is -3.79. The van der Waals surface area contributed by atoms with Crippen LogP contribution < -0.4 is 0 Å². The van der Waals surface area contributed by atoms with Gasteiger partial charge in [-0.25, -0.2) is 0 Å². The van der Waals surface area contributed by atoms with Crippen LogP contribution in [0.25, 0.3) is 0 Å². The maximum absolute atomic E-state index is 12.1. The fraction of sp³-hybridized carbons (Fsp3) is 0.400. The van der Waals surface area contributed by atoms with Crippen LogP contribution in [0.1, 0.15) is 30.9 Å². The molecule has 26 heavy (non-hydrogen) atoms. The minimum absolute atomic E-state index is 0.0667. The molecule has 0 saturated carbocycles. The van der Waals surface area contributed by atoms with E-state index in [1.807, 2.05) is 44.2 Å². The lowest BCUT2D eigenvalue weighted by atomic mass is 10.1. The van der Waals surface area contributed by atoms with E-state index in [9.17, 15) is 13.5 Å². The number of hydrogen-bond donors (Lipinski definition) is 1. The molecule has 0 unspecified atom stereocenters. The largest absolute Gasteiger partial charge is 0.393 e. The molecule has 0 spiro atoms. The van der Waals surface area contributed by atoms with E-state index in [1.165, 1.54) is 12.1 Å². The topological polar surface area (TPSA) is 72.8 Å². The van der Waals surface area contributed by atoms with E-state index in [4.69, 9.17) is 8.92 Å². The van der Waals surface area contributed by atoms with Crippen LogP contribution in [0.3, 0.4) is 0 Å². The minimum atomic E-state index is -3.79. The summed E-state index contributed by atoms with van der Waals surface area (Å²) in [5.74, 6) is 0. The zero-order valence-electron chi connectivity index (χ0n) is 15.2. The van der Waals surface area contributed by atoms with Gasteiger partial charge in [0.05, 0.1) is 30.3 Å². The van der Waals surface area contributed by atoms with Crippen molar-refractivity contribution in [3.8, 4) is 0 Å². The van der Waals surface area contributed by atoms with Gasteiger partial charge in [0.2, 0.25) is 0 Å². The second kappa shape index (κ2) is 9.83. The van der Waals surface area contributed by atoms with Gasteiger partial charge < -0.3 is 9.84 Å². The average molecular weight is 378 g/mol. The van der Waals surface area contributed by atoms with E-state index in [-0.39, 0.29) is 24.0 Å². The Morgan fingerprint density at radius 1 is 1.04 bits per heavy atom. The molecule has 5 nitrogen and oxygen atoms in total. The van der Waals surface area contributed by atoms with E-state index in [0.717, 1.165) is 11.1 Å². The smallest absolute Gasteiger partial charge is 0.296 e. The number of benzene rings is 2. The Labute approximate surface area is 155 Å². The lowest BCUT2D eigenvalue weighted by Crippen LogP contribution is -2.20. The Hall–Kier alpha value is -1.73. The standard InChI is InChI=1S/C20H26O5S/c1-16-8-10-20(11-9-16)26(22,23)25-13-12-19(21)14-17(2)24-15-18-6-4-3-5-7-18/h3-11,17,19,21H,12-15H2,1-2H3/t17-,19-/m1/s1. The third-order valence-electron chi connectivity index (χ3n) is 3.98. The molecule has 0 saturated heterocycles. The highest BCUT2D eigenvalue weighted by atomic mass is 32.2. The first kappa shape index (κ1) is 20.6. The summed E-state index contributed by atoms with van der Waals surface area (Å²) in [6, 6.07) is 16.3. The predicted octanol–water partition coefficient (Wildman–Crippen LogP) is 3.45. The van der Waals surface area contributed by atoms with Crippen molar-refractivity contribution in [1.82, 2.24) is 0 Å². The molecule has 0 radical (unpaired) electrons. The van der Waals surface area contributed by atoms with Crippen molar-refractivity contribution >= 4 is 10.1 Å². The maximum atomic E-state index is 12.1. The first-order valence-electron chi connectivity index (χ1n) is 8.66. The van der Waals surface area contributed by atoms with Gasteiger partial charge in [-0.3, -0.25) is 4.18 Å². The van der Waals surface area contributed by atoms with Gasteiger partial charge in [-0.2, -0.15) is 8.42 Å². The van der Waals surface area contributed by atoms with Crippen LogP contribution in [0.15, 0.2) is 59.5 Å². The second-order valence-corrected chi connectivity index (χ2v) is 7.99. The lowest BCUT2D eigenvalue weighted by Gasteiger charge is -2.17. The number of aryl methyl sites for hydroxylation is 1. The molecule has 0 amide bonds. The van der Waals surface area contributed by atoms with E-state index >= 15 is 0 Å². The molecule has 142 valence electrons. The molecule has 2 aromatic rings. The van der Waals surface area contributed by atoms with Crippen molar-refractivity contribution in [1.29, 1.82) is 0 Å². The molecule has 0 bridgehead atoms. The van der Waals surface area contributed by atoms with Gasteiger partial charge in [0.25, 0.3) is 10.1 Å². The average Bonchev–Trinajstić information content (AvgIpc) is 2.61. The number of rotatable bonds is 10. The number of hydrogen-bond acceptors (Lipinski definition) is 5. The van der Waals surface area contributed by atoms with Crippen molar-refractivity contribution < 1.29 is 22.4 Å². The van der Waals surface area contributed by atoms with Crippen molar-refractivity contribution in [2.45, 2.75) is 50.4 Å². The molecule has 0 aromatic heterocycles. The molecule has 1 N–H and O–H groups in total. The summed E-state index contributed by atoms with van der Waals surface area (Å²) in [6.45, 7) is 4.18. The third-order valence-corrected chi connectivity index (χ3v) is 5.31. The first-order valence-corrected chi connectivity index (χ1v) is 10.1. The number of ether oxygens (including phenoxy) is 1. The van der Waals surface area contributed by atoms with Crippen molar-refractivity contribution in [3.63, 3.8) is 0 Å². The summed E-state index contributed by atoms with van der Waals surface area (Å²) < 4.78 is 34.9. The summed E-state index contributed by atoms with van der Waals surface area (Å²) >= 11 is 0. The molecule has 2 rings (SSSR count). The molecule has 0 aliphatic heterocycles. The van der Waals surface area contributed by atoms with Crippen molar-refractivity contribution in [2.75, 3.05) is 6.61 Å². The lowest BCUT2D eigenvalue weighted by molar-refractivity contribution is 0.0101. The van der Waals surface area contributed by atoms with E-state index in [0.29, 0.717) is 13.0 Å². The quantitative estimate of drug-likeness (QED) is 0.641. The van der Waals surface area contributed by atoms with Crippen LogP contribution in [-0.4, -0.2) is 32.3 Å². The second-order valence-electron chi connectivity index (χ2n) is 6.37. The van der Waals surface area contributed by atoms with Crippen molar-refractivity contribution in [3.05, 3.63) is 65.7 Å². The number of aliphatic hydroxyl groups excluding tert-OH is 1. The molecule has 0 aliphatic rings. The Morgan fingerprint density at radius 2 is 1.69 bits per heavy atom. The predicted molar refractivity (Wildman–Crippen MR) is 100 cm³/mol.